The van der Waals surface area contributed by atoms with Gasteiger partial charge in [0.1, 0.15) is 12.2 Å². The van der Waals surface area contributed by atoms with Crippen LogP contribution in [0.3, 0.4) is 0 Å². The second-order valence-corrected chi connectivity index (χ2v) is 10.4. The molecule has 0 spiro atoms. The molecule has 0 atom stereocenters. The lowest BCUT2D eigenvalue weighted by Gasteiger charge is -2.31. The molecule has 176 valence electrons. The van der Waals surface area contributed by atoms with E-state index in [1.165, 1.54) is 4.31 Å². The van der Waals surface area contributed by atoms with Gasteiger partial charge >= 0.3 is 0 Å². The first-order valence-corrected chi connectivity index (χ1v) is 12.3. The predicted octanol–water partition coefficient (Wildman–Crippen LogP) is 4.54. The van der Waals surface area contributed by atoms with Crippen molar-refractivity contribution in [3.63, 3.8) is 0 Å². The van der Waals surface area contributed by atoms with E-state index in [-0.39, 0.29) is 34.8 Å². The van der Waals surface area contributed by atoms with E-state index < -0.39 is 10.0 Å². The van der Waals surface area contributed by atoms with Crippen molar-refractivity contribution in [2.45, 2.75) is 59.0 Å². The van der Waals surface area contributed by atoms with Crippen LogP contribution in [0.4, 0.5) is 5.69 Å². The molecule has 0 unspecified atom stereocenters. The van der Waals surface area contributed by atoms with Crippen molar-refractivity contribution in [1.82, 2.24) is 10.1 Å². The highest BCUT2D eigenvalue weighted by atomic mass is 32.2. The third-order valence-electron chi connectivity index (χ3n) is 5.43. The molecule has 0 saturated heterocycles. The van der Waals surface area contributed by atoms with Crippen molar-refractivity contribution in [3.05, 3.63) is 76.7 Å². The van der Waals surface area contributed by atoms with Crippen molar-refractivity contribution in [1.29, 1.82) is 0 Å². The summed E-state index contributed by atoms with van der Waals surface area (Å²) >= 11 is 0. The van der Waals surface area contributed by atoms with E-state index in [0.717, 1.165) is 16.7 Å². The summed E-state index contributed by atoms with van der Waals surface area (Å²) in [4.78, 5) is 15.2. The van der Waals surface area contributed by atoms with Crippen molar-refractivity contribution in [2.75, 3.05) is 10.8 Å². The minimum atomic E-state index is -4.10. The number of hydrogen-bond donors (Lipinski definition) is 0. The predicted molar refractivity (Wildman–Crippen MR) is 129 cm³/mol. The molecule has 3 rings (SSSR count). The van der Waals surface area contributed by atoms with Crippen molar-refractivity contribution >= 4 is 21.6 Å². The maximum atomic E-state index is 13.8. The fourth-order valence-corrected chi connectivity index (χ4v) is 5.61. The SMILES string of the molecule is Cc1cc(C)cc(N(CC(=O)N(Cc2ccccc2)C(C)C)S(=O)(=O)c2c(C)noc2C)c1. The Morgan fingerprint density at radius 3 is 2.12 bits per heavy atom. The van der Waals surface area contributed by atoms with Crippen LogP contribution >= 0.6 is 0 Å². The van der Waals surface area contributed by atoms with Gasteiger partial charge in [-0.25, -0.2) is 8.42 Å². The van der Waals surface area contributed by atoms with Crippen LogP contribution in [-0.4, -0.2) is 37.0 Å². The molecule has 7 nitrogen and oxygen atoms in total. The molecule has 0 aliphatic rings. The summed E-state index contributed by atoms with van der Waals surface area (Å²) < 4.78 is 33.9. The van der Waals surface area contributed by atoms with Crippen molar-refractivity contribution in [2.24, 2.45) is 0 Å². The van der Waals surface area contributed by atoms with E-state index in [0.29, 0.717) is 12.2 Å². The third kappa shape index (κ3) is 5.45. The quantitative estimate of drug-likeness (QED) is 0.484. The Bertz CT molecular complexity index is 1190. The number of amides is 1. The normalized spacial score (nSPS) is 11.6. The van der Waals surface area contributed by atoms with Gasteiger partial charge in [0.2, 0.25) is 5.91 Å². The topological polar surface area (TPSA) is 83.7 Å². The molecule has 3 aromatic rings. The lowest BCUT2D eigenvalue weighted by molar-refractivity contribution is -0.131. The highest BCUT2D eigenvalue weighted by molar-refractivity contribution is 7.93. The maximum absolute atomic E-state index is 13.8. The summed E-state index contributed by atoms with van der Waals surface area (Å²) in [6.07, 6.45) is 0. The first-order chi connectivity index (χ1) is 15.5. The van der Waals surface area contributed by atoms with E-state index in [2.05, 4.69) is 5.16 Å². The van der Waals surface area contributed by atoms with Crippen LogP contribution in [0.15, 0.2) is 57.9 Å². The highest BCUT2D eigenvalue weighted by Crippen LogP contribution is 2.29. The first kappa shape index (κ1) is 24.5. The Labute approximate surface area is 196 Å². The minimum Gasteiger partial charge on any atom is -0.360 e. The molecule has 0 radical (unpaired) electrons. The molecular weight excluding hydrogens is 438 g/mol. The number of sulfonamides is 1. The zero-order valence-corrected chi connectivity index (χ0v) is 20.8. The van der Waals surface area contributed by atoms with Crippen LogP contribution < -0.4 is 4.31 Å². The second-order valence-electron chi connectivity index (χ2n) is 8.61. The molecule has 2 aromatic carbocycles. The van der Waals surface area contributed by atoms with Gasteiger partial charge in [0, 0.05) is 12.6 Å². The van der Waals surface area contributed by atoms with Crippen molar-refractivity contribution in [3.8, 4) is 0 Å². The molecule has 0 bridgehead atoms. The molecule has 1 aromatic heterocycles. The summed E-state index contributed by atoms with van der Waals surface area (Å²) in [6.45, 7) is 10.8. The minimum absolute atomic E-state index is 0.00591. The van der Waals surface area contributed by atoms with Crippen molar-refractivity contribution < 1.29 is 17.7 Å². The van der Waals surface area contributed by atoms with E-state index in [9.17, 15) is 13.2 Å². The lowest BCUT2D eigenvalue weighted by atomic mass is 10.1. The number of carbonyl (C=O) groups is 1. The molecule has 33 heavy (non-hydrogen) atoms. The van der Waals surface area contributed by atoms with E-state index >= 15 is 0 Å². The molecular formula is C25H31N3O4S. The average molecular weight is 470 g/mol. The zero-order valence-electron chi connectivity index (χ0n) is 20.0. The number of aromatic nitrogens is 1. The number of aryl methyl sites for hydroxylation is 4. The number of anilines is 1. The van der Waals surface area contributed by atoms with Gasteiger partial charge in [-0.1, -0.05) is 41.6 Å². The van der Waals surface area contributed by atoms with E-state index in [1.807, 2.05) is 64.1 Å². The van der Waals surface area contributed by atoms with Gasteiger partial charge in [0.25, 0.3) is 10.0 Å². The zero-order chi connectivity index (χ0) is 24.3. The lowest BCUT2D eigenvalue weighted by Crippen LogP contribution is -2.45. The highest BCUT2D eigenvalue weighted by Gasteiger charge is 2.34. The molecule has 0 N–H and O–H groups in total. The van der Waals surface area contributed by atoms with Crippen LogP contribution in [-0.2, 0) is 21.4 Å². The van der Waals surface area contributed by atoms with Gasteiger partial charge in [-0.05, 0) is 70.4 Å². The third-order valence-corrected chi connectivity index (χ3v) is 7.45. The Morgan fingerprint density at radius 2 is 1.61 bits per heavy atom. The fourth-order valence-electron chi connectivity index (χ4n) is 3.92. The number of carbonyl (C=O) groups excluding carboxylic acids is 1. The molecule has 1 amide bonds. The molecule has 0 aliphatic carbocycles. The first-order valence-electron chi connectivity index (χ1n) is 10.9. The van der Waals surface area contributed by atoms with E-state index in [1.54, 1.807) is 30.9 Å². The molecule has 0 aliphatic heterocycles. The Hall–Kier alpha value is -3.13. The molecule has 0 saturated carbocycles. The second kappa shape index (κ2) is 9.79. The summed E-state index contributed by atoms with van der Waals surface area (Å²) in [5, 5.41) is 3.82. The van der Waals surface area contributed by atoms with Gasteiger partial charge in [-0.3, -0.25) is 9.10 Å². The monoisotopic (exact) mass is 469 g/mol. The standard InChI is InChI=1S/C25H31N3O4S/c1-17(2)27(15-22-10-8-7-9-11-22)24(29)16-28(23-13-18(3)12-19(4)14-23)33(30,31)25-20(5)26-32-21(25)6/h7-14,17H,15-16H2,1-6H3. The summed E-state index contributed by atoms with van der Waals surface area (Å²) in [5.41, 5.74) is 3.48. The van der Waals surface area contributed by atoms with Gasteiger partial charge in [0.05, 0.1) is 5.69 Å². The van der Waals surface area contributed by atoms with Crippen LogP contribution in [0.2, 0.25) is 0 Å². The summed E-state index contributed by atoms with van der Waals surface area (Å²) in [6, 6.07) is 15.0. The average Bonchev–Trinajstić information content (AvgIpc) is 3.08. The van der Waals surface area contributed by atoms with E-state index in [4.69, 9.17) is 4.52 Å². The molecule has 1 heterocycles. The molecule has 8 heteroatoms. The number of hydrogen-bond acceptors (Lipinski definition) is 5. The number of rotatable bonds is 8. The largest absolute Gasteiger partial charge is 0.360 e. The maximum Gasteiger partial charge on any atom is 0.270 e. The van der Waals surface area contributed by atoms with Crippen LogP contribution in [0, 0.1) is 27.7 Å². The van der Waals surface area contributed by atoms with Gasteiger partial charge in [0.15, 0.2) is 10.7 Å². The van der Waals surface area contributed by atoms with Crippen LogP contribution in [0.25, 0.3) is 0 Å². The van der Waals surface area contributed by atoms with Gasteiger partial charge < -0.3 is 9.42 Å². The Kier molecular flexibility index (Phi) is 7.27. The smallest absolute Gasteiger partial charge is 0.270 e. The molecule has 0 fully saturated rings. The Balaban J connectivity index is 2.05. The summed E-state index contributed by atoms with van der Waals surface area (Å²) in [5.74, 6) is -0.0947. The Morgan fingerprint density at radius 1 is 1.00 bits per heavy atom. The number of nitrogens with zero attached hydrogens (tertiary/aromatic N) is 3. The van der Waals surface area contributed by atoms with Gasteiger partial charge in [-0.2, -0.15) is 0 Å². The fraction of sp³-hybridized carbons (Fsp3) is 0.360. The van der Waals surface area contributed by atoms with Crippen LogP contribution in [0.1, 0.15) is 42.0 Å². The van der Waals surface area contributed by atoms with Gasteiger partial charge in [-0.15, -0.1) is 0 Å². The number of benzene rings is 2. The summed E-state index contributed by atoms with van der Waals surface area (Å²) in [7, 11) is -4.10. The van der Waals surface area contributed by atoms with Crippen LogP contribution in [0.5, 0.6) is 0 Å².